The van der Waals surface area contributed by atoms with Gasteiger partial charge in [-0.05, 0) is 48.4 Å². The first-order valence-electron chi connectivity index (χ1n) is 8.94. The molecule has 2 aromatic carbocycles. The van der Waals surface area contributed by atoms with Crippen molar-refractivity contribution in [3.8, 4) is 5.75 Å². The van der Waals surface area contributed by atoms with Crippen LogP contribution in [-0.4, -0.2) is 37.9 Å². The van der Waals surface area contributed by atoms with E-state index in [1.165, 1.54) is 18.7 Å². The van der Waals surface area contributed by atoms with Crippen molar-refractivity contribution in [3.63, 3.8) is 0 Å². The zero-order chi connectivity index (χ0) is 20.5. The number of hydrogen-bond donors (Lipinski definition) is 2. The fourth-order valence-electron chi connectivity index (χ4n) is 2.69. The summed E-state index contributed by atoms with van der Waals surface area (Å²) in [5, 5.41) is 5.49. The van der Waals surface area contributed by atoms with Crippen molar-refractivity contribution >= 4 is 29.1 Å². The topological polar surface area (TPSA) is 87.7 Å². The molecule has 0 saturated heterocycles. The van der Waals surface area contributed by atoms with E-state index in [-0.39, 0.29) is 24.3 Å². The van der Waals surface area contributed by atoms with E-state index in [4.69, 9.17) is 4.74 Å². The van der Waals surface area contributed by atoms with Crippen LogP contribution in [0.15, 0.2) is 48.5 Å². The van der Waals surface area contributed by atoms with E-state index in [9.17, 15) is 14.4 Å². The quantitative estimate of drug-likeness (QED) is 0.733. The number of benzene rings is 2. The second kappa shape index (κ2) is 10.1. The first-order valence-corrected chi connectivity index (χ1v) is 8.94. The molecule has 0 saturated carbocycles. The van der Waals surface area contributed by atoms with Gasteiger partial charge in [-0.1, -0.05) is 12.1 Å². The molecule has 0 atom stereocenters. The van der Waals surface area contributed by atoms with E-state index in [1.807, 2.05) is 24.3 Å². The standard InChI is InChI=1S/C21H25N3O4/c1-15(25)23-18-7-9-19(10-8-18)24(16(2)26)14-21(27)22-12-11-17-5-4-6-20(13-17)28-3/h4-10,13H,11-12,14H2,1-3H3,(H,22,27)(H,23,25). The smallest absolute Gasteiger partial charge is 0.240 e. The van der Waals surface area contributed by atoms with E-state index in [2.05, 4.69) is 10.6 Å². The third-order valence-electron chi connectivity index (χ3n) is 4.05. The van der Waals surface area contributed by atoms with Gasteiger partial charge in [-0.25, -0.2) is 0 Å². The number of nitrogens with zero attached hydrogens (tertiary/aromatic N) is 1. The summed E-state index contributed by atoms with van der Waals surface area (Å²) in [4.78, 5) is 36.7. The summed E-state index contributed by atoms with van der Waals surface area (Å²) in [5.74, 6) is 0.111. The minimum Gasteiger partial charge on any atom is -0.497 e. The Labute approximate surface area is 164 Å². The van der Waals surface area contributed by atoms with Gasteiger partial charge in [0, 0.05) is 31.8 Å². The SMILES string of the molecule is COc1cccc(CCNC(=O)CN(C(C)=O)c2ccc(NC(C)=O)cc2)c1. The average Bonchev–Trinajstić information content (AvgIpc) is 2.66. The molecular weight excluding hydrogens is 358 g/mol. The number of carbonyl (C=O) groups excluding carboxylic acids is 3. The van der Waals surface area contributed by atoms with Crippen LogP contribution in [0, 0.1) is 0 Å². The van der Waals surface area contributed by atoms with Crippen molar-refractivity contribution < 1.29 is 19.1 Å². The number of nitrogens with one attached hydrogen (secondary N) is 2. The Morgan fingerprint density at radius 1 is 1.04 bits per heavy atom. The maximum atomic E-state index is 12.3. The summed E-state index contributed by atoms with van der Waals surface area (Å²) in [6.07, 6.45) is 0.661. The summed E-state index contributed by atoms with van der Waals surface area (Å²) in [7, 11) is 1.61. The third-order valence-corrected chi connectivity index (χ3v) is 4.05. The molecule has 0 bridgehead atoms. The van der Waals surface area contributed by atoms with Crippen molar-refractivity contribution in [2.75, 3.05) is 30.4 Å². The Hall–Kier alpha value is -3.35. The van der Waals surface area contributed by atoms with Crippen LogP contribution >= 0.6 is 0 Å². The first kappa shape index (κ1) is 21.0. The van der Waals surface area contributed by atoms with Gasteiger partial charge in [0.1, 0.15) is 12.3 Å². The average molecular weight is 383 g/mol. The Morgan fingerprint density at radius 3 is 2.36 bits per heavy atom. The molecule has 0 unspecified atom stereocenters. The van der Waals surface area contributed by atoms with Crippen molar-refractivity contribution in [1.82, 2.24) is 5.32 Å². The highest BCUT2D eigenvalue weighted by Crippen LogP contribution is 2.18. The van der Waals surface area contributed by atoms with Gasteiger partial charge in [0.2, 0.25) is 17.7 Å². The van der Waals surface area contributed by atoms with Gasteiger partial charge in [0.15, 0.2) is 0 Å². The van der Waals surface area contributed by atoms with Gasteiger partial charge in [0.25, 0.3) is 0 Å². The van der Waals surface area contributed by atoms with Gasteiger partial charge in [0.05, 0.1) is 7.11 Å². The molecule has 3 amide bonds. The summed E-state index contributed by atoms with van der Waals surface area (Å²) < 4.78 is 5.19. The van der Waals surface area contributed by atoms with Gasteiger partial charge in [-0.3, -0.25) is 14.4 Å². The highest BCUT2D eigenvalue weighted by atomic mass is 16.5. The van der Waals surface area contributed by atoms with Gasteiger partial charge in [-0.15, -0.1) is 0 Å². The van der Waals surface area contributed by atoms with Crippen molar-refractivity contribution in [3.05, 3.63) is 54.1 Å². The lowest BCUT2D eigenvalue weighted by molar-refractivity contribution is -0.123. The predicted octanol–water partition coefficient (Wildman–Crippen LogP) is 2.37. The molecule has 0 aliphatic carbocycles. The van der Waals surface area contributed by atoms with Crippen LogP contribution in [0.5, 0.6) is 5.75 Å². The second-order valence-electron chi connectivity index (χ2n) is 6.28. The fraction of sp³-hybridized carbons (Fsp3) is 0.286. The molecule has 7 nitrogen and oxygen atoms in total. The van der Waals surface area contributed by atoms with Crippen molar-refractivity contribution in [1.29, 1.82) is 0 Å². The lowest BCUT2D eigenvalue weighted by Gasteiger charge is -2.21. The van der Waals surface area contributed by atoms with Crippen molar-refractivity contribution in [2.24, 2.45) is 0 Å². The molecule has 0 spiro atoms. The predicted molar refractivity (Wildman–Crippen MR) is 108 cm³/mol. The molecule has 2 rings (SSSR count). The highest BCUT2D eigenvalue weighted by Gasteiger charge is 2.15. The van der Waals surface area contributed by atoms with E-state index < -0.39 is 0 Å². The third kappa shape index (κ3) is 6.42. The number of methoxy groups -OCH3 is 1. The van der Waals surface area contributed by atoms with E-state index >= 15 is 0 Å². The minimum absolute atomic E-state index is 0.0765. The second-order valence-corrected chi connectivity index (χ2v) is 6.28. The van der Waals surface area contributed by atoms with E-state index in [1.54, 1.807) is 31.4 Å². The molecule has 148 valence electrons. The Morgan fingerprint density at radius 2 is 1.75 bits per heavy atom. The number of anilines is 2. The zero-order valence-electron chi connectivity index (χ0n) is 16.3. The molecule has 0 radical (unpaired) electrons. The van der Waals surface area contributed by atoms with Crippen LogP contribution in [0.1, 0.15) is 19.4 Å². The minimum atomic E-state index is -0.246. The van der Waals surface area contributed by atoms with E-state index in [0.717, 1.165) is 11.3 Å². The van der Waals surface area contributed by atoms with Crippen LogP contribution in [0.25, 0.3) is 0 Å². The lowest BCUT2D eigenvalue weighted by Crippen LogP contribution is -2.40. The lowest BCUT2D eigenvalue weighted by atomic mass is 10.1. The molecule has 0 fully saturated rings. The van der Waals surface area contributed by atoms with Gasteiger partial charge >= 0.3 is 0 Å². The zero-order valence-corrected chi connectivity index (χ0v) is 16.3. The van der Waals surface area contributed by atoms with Crippen LogP contribution in [0.3, 0.4) is 0 Å². The number of carbonyl (C=O) groups is 3. The number of amides is 3. The maximum Gasteiger partial charge on any atom is 0.240 e. The van der Waals surface area contributed by atoms with Crippen LogP contribution < -0.4 is 20.3 Å². The highest BCUT2D eigenvalue weighted by molar-refractivity contribution is 5.97. The molecule has 0 aliphatic rings. The molecule has 0 aromatic heterocycles. The molecule has 28 heavy (non-hydrogen) atoms. The Kier molecular flexibility index (Phi) is 7.56. The summed E-state index contributed by atoms with van der Waals surface area (Å²) in [6.45, 7) is 3.21. The number of hydrogen-bond acceptors (Lipinski definition) is 4. The normalized spacial score (nSPS) is 10.1. The number of ether oxygens (including phenoxy) is 1. The monoisotopic (exact) mass is 383 g/mol. The maximum absolute atomic E-state index is 12.3. The van der Waals surface area contributed by atoms with Crippen molar-refractivity contribution in [2.45, 2.75) is 20.3 Å². The molecule has 2 N–H and O–H groups in total. The molecular formula is C21H25N3O4. The van der Waals surface area contributed by atoms with Crippen LogP contribution in [0.2, 0.25) is 0 Å². The number of rotatable bonds is 8. The molecule has 2 aromatic rings. The van der Waals surface area contributed by atoms with Crippen LogP contribution in [-0.2, 0) is 20.8 Å². The fourth-order valence-corrected chi connectivity index (χ4v) is 2.69. The summed E-state index contributed by atoms with van der Waals surface area (Å²) in [5.41, 5.74) is 2.27. The largest absolute Gasteiger partial charge is 0.497 e. The van der Waals surface area contributed by atoms with Gasteiger partial charge in [-0.2, -0.15) is 0 Å². The Balaban J connectivity index is 1.91. The first-order chi connectivity index (χ1) is 13.4. The Bertz CT molecular complexity index is 834. The molecule has 0 heterocycles. The molecule has 0 aliphatic heterocycles. The van der Waals surface area contributed by atoms with E-state index in [0.29, 0.717) is 24.3 Å². The molecule has 7 heteroatoms. The van der Waals surface area contributed by atoms with Gasteiger partial charge < -0.3 is 20.3 Å². The summed E-state index contributed by atoms with van der Waals surface area (Å²) >= 11 is 0. The van der Waals surface area contributed by atoms with Crippen LogP contribution in [0.4, 0.5) is 11.4 Å². The summed E-state index contributed by atoms with van der Waals surface area (Å²) in [6, 6.07) is 14.4.